The van der Waals surface area contributed by atoms with Crippen molar-refractivity contribution in [3.8, 4) is 0 Å². The van der Waals surface area contributed by atoms with Gasteiger partial charge in [-0.1, -0.05) is 6.42 Å². The summed E-state index contributed by atoms with van der Waals surface area (Å²) in [4.78, 5) is 24.2. The highest BCUT2D eigenvalue weighted by molar-refractivity contribution is 5.88. The molecule has 0 aromatic rings. The lowest BCUT2D eigenvalue weighted by Gasteiger charge is -2.37. The fourth-order valence-electron chi connectivity index (χ4n) is 3.86. The maximum absolute atomic E-state index is 12.2. The zero-order chi connectivity index (χ0) is 13.2. The fraction of sp³-hybridized carbons (Fsp3) is 0.867. The molecule has 0 aromatic carbocycles. The number of hydrogen-bond acceptors (Lipinski definition) is 3. The number of Topliss-reactive ketones (excluding diaryl/α,β-unsaturated/α-hetero) is 1. The van der Waals surface area contributed by atoms with Crippen molar-refractivity contribution in [3.05, 3.63) is 0 Å². The molecule has 3 atom stereocenters. The van der Waals surface area contributed by atoms with Crippen LogP contribution in [0.1, 0.15) is 44.9 Å². The topological polar surface area (TPSA) is 55.4 Å². The average Bonchev–Trinajstić information content (AvgIpc) is 2.88. The molecule has 0 aromatic heterocycles. The van der Waals surface area contributed by atoms with Gasteiger partial charge in [-0.2, -0.15) is 0 Å². The van der Waals surface area contributed by atoms with Gasteiger partial charge in [0, 0.05) is 30.9 Å². The fourth-order valence-corrected chi connectivity index (χ4v) is 3.86. The summed E-state index contributed by atoms with van der Waals surface area (Å²) in [6.45, 7) is 1.46. The molecule has 1 amide bonds. The number of nitrogens with one attached hydrogen (secondary N) is 1. The van der Waals surface area contributed by atoms with E-state index in [2.05, 4.69) is 5.32 Å². The molecular weight excluding hydrogens is 242 g/mol. The lowest BCUT2D eigenvalue weighted by molar-refractivity contribution is -0.137. The molecule has 4 heteroatoms. The lowest BCUT2D eigenvalue weighted by atomic mass is 9.67. The van der Waals surface area contributed by atoms with Crippen molar-refractivity contribution >= 4 is 11.7 Å². The van der Waals surface area contributed by atoms with Crippen molar-refractivity contribution in [2.24, 2.45) is 17.8 Å². The lowest BCUT2D eigenvalue weighted by Crippen LogP contribution is -2.44. The van der Waals surface area contributed by atoms with Crippen LogP contribution in [0.15, 0.2) is 0 Å². The molecule has 2 aliphatic carbocycles. The third-order valence-corrected chi connectivity index (χ3v) is 4.95. The van der Waals surface area contributed by atoms with Crippen LogP contribution in [0.5, 0.6) is 0 Å². The van der Waals surface area contributed by atoms with Gasteiger partial charge in [0.1, 0.15) is 5.78 Å². The van der Waals surface area contributed by atoms with Crippen molar-refractivity contribution in [1.29, 1.82) is 0 Å². The third kappa shape index (κ3) is 2.83. The van der Waals surface area contributed by atoms with Gasteiger partial charge in [-0.05, 0) is 38.5 Å². The van der Waals surface area contributed by atoms with Gasteiger partial charge in [0.25, 0.3) is 0 Å². The highest BCUT2D eigenvalue weighted by Crippen LogP contribution is 2.40. The first-order valence-electron chi connectivity index (χ1n) is 7.67. The maximum Gasteiger partial charge on any atom is 0.223 e. The van der Waals surface area contributed by atoms with E-state index in [0.717, 1.165) is 51.6 Å². The van der Waals surface area contributed by atoms with Crippen molar-refractivity contribution in [2.75, 3.05) is 13.2 Å². The molecule has 0 radical (unpaired) electrons. The predicted molar refractivity (Wildman–Crippen MR) is 70.5 cm³/mol. The first kappa shape index (κ1) is 13.1. The third-order valence-electron chi connectivity index (χ3n) is 4.95. The molecule has 4 nitrogen and oxygen atoms in total. The summed E-state index contributed by atoms with van der Waals surface area (Å²) in [5.74, 6) is 0.931. The van der Waals surface area contributed by atoms with Gasteiger partial charge in [0.05, 0.1) is 6.10 Å². The first-order valence-corrected chi connectivity index (χ1v) is 7.67. The van der Waals surface area contributed by atoms with Crippen LogP contribution in [0.25, 0.3) is 0 Å². The van der Waals surface area contributed by atoms with Crippen LogP contribution >= 0.6 is 0 Å². The molecule has 3 unspecified atom stereocenters. The quantitative estimate of drug-likeness (QED) is 0.844. The molecule has 106 valence electrons. The van der Waals surface area contributed by atoms with Gasteiger partial charge in [0.2, 0.25) is 5.91 Å². The standard InChI is InChI=1S/C15H23NO3/c17-14-10-3-1-4-11(14)8-12(7-10)15(18)16-9-13-5-2-6-19-13/h10-13H,1-9H2,(H,16,18). The number of hydrogen-bond donors (Lipinski definition) is 1. The number of carbonyl (C=O) groups excluding carboxylic acids is 2. The van der Waals surface area contributed by atoms with Crippen LogP contribution in [0.2, 0.25) is 0 Å². The highest BCUT2D eigenvalue weighted by atomic mass is 16.5. The molecule has 3 fully saturated rings. The molecule has 2 saturated carbocycles. The number of fused-ring (bicyclic) bond motifs is 2. The Kier molecular flexibility index (Phi) is 3.87. The average molecular weight is 265 g/mol. The summed E-state index contributed by atoms with van der Waals surface area (Å²) in [5, 5.41) is 3.02. The number of ether oxygens (including phenoxy) is 1. The Morgan fingerprint density at radius 1 is 1.16 bits per heavy atom. The number of carbonyl (C=O) groups is 2. The molecule has 1 heterocycles. The zero-order valence-electron chi connectivity index (χ0n) is 11.4. The Labute approximate surface area is 114 Å². The van der Waals surface area contributed by atoms with E-state index in [-0.39, 0.29) is 29.8 Å². The molecule has 1 N–H and O–H groups in total. The second-order valence-corrected chi connectivity index (χ2v) is 6.28. The molecule has 3 aliphatic rings. The van der Waals surface area contributed by atoms with E-state index in [0.29, 0.717) is 12.3 Å². The van der Waals surface area contributed by atoms with E-state index in [1.807, 2.05) is 0 Å². The molecule has 1 saturated heterocycles. The summed E-state index contributed by atoms with van der Waals surface area (Å²) in [6.07, 6.45) is 7.03. The van der Waals surface area contributed by atoms with Crippen molar-refractivity contribution in [2.45, 2.75) is 51.0 Å². The van der Waals surface area contributed by atoms with Crippen LogP contribution in [-0.2, 0) is 14.3 Å². The Morgan fingerprint density at radius 3 is 2.53 bits per heavy atom. The van der Waals surface area contributed by atoms with Crippen molar-refractivity contribution in [3.63, 3.8) is 0 Å². The predicted octanol–water partition coefficient (Wildman–Crippen LogP) is 1.68. The van der Waals surface area contributed by atoms with E-state index in [4.69, 9.17) is 4.74 Å². The van der Waals surface area contributed by atoms with E-state index < -0.39 is 0 Å². The summed E-state index contributed by atoms with van der Waals surface area (Å²) in [5.41, 5.74) is 0. The van der Waals surface area contributed by atoms with Gasteiger partial charge < -0.3 is 10.1 Å². The van der Waals surface area contributed by atoms with Crippen LogP contribution in [0, 0.1) is 17.8 Å². The van der Waals surface area contributed by atoms with Gasteiger partial charge in [-0.3, -0.25) is 9.59 Å². The molecule has 3 rings (SSSR count). The minimum atomic E-state index is 0.0504. The number of rotatable bonds is 3. The van der Waals surface area contributed by atoms with Crippen LogP contribution in [0.3, 0.4) is 0 Å². The number of amides is 1. The van der Waals surface area contributed by atoms with Crippen molar-refractivity contribution in [1.82, 2.24) is 5.32 Å². The minimum absolute atomic E-state index is 0.0504. The summed E-state index contributed by atoms with van der Waals surface area (Å²) in [6, 6.07) is 0. The monoisotopic (exact) mass is 265 g/mol. The second-order valence-electron chi connectivity index (χ2n) is 6.28. The Hall–Kier alpha value is -0.900. The maximum atomic E-state index is 12.2. The first-order chi connectivity index (χ1) is 9.24. The van der Waals surface area contributed by atoms with Crippen LogP contribution in [0.4, 0.5) is 0 Å². The summed E-state index contributed by atoms with van der Waals surface area (Å²) < 4.78 is 5.51. The van der Waals surface area contributed by atoms with Crippen molar-refractivity contribution < 1.29 is 14.3 Å². The Bertz CT molecular complexity index is 346. The second kappa shape index (κ2) is 5.61. The number of ketones is 1. The van der Waals surface area contributed by atoms with E-state index in [9.17, 15) is 9.59 Å². The molecular formula is C15H23NO3. The molecule has 0 spiro atoms. The summed E-state index contributed by atoms with van der Waals surface area (Å²) >= 11 is 0. The van der Waals surface area contributed by atoms with Crippen LogP contribution in [-0.4, -0.2) is 30.9 Å². The van der Waals surface area contributed by atoms with Gasteiger partial charge in [0.15, 0.2) is 0 Å². The minimum Gasteiger partial charge on any atom is -0.376 e. The van der Waals surface area contributed by atoms with Gasteiger partial charge in [-0.15, -0.1) is 0 Å². The van der Waals surface area contributed by atoms with Gasteiger partial charge in [-0.25, -0.2) is 0 Å². The molecule has 2 bridgehead atoms. The molecule has 19 heavy (non-hydrogen) atoms. The Morgan fingerprint density at radius 2 is 1.89 bits per heavy atom. The van der Waals surface area contributed by atoms with Crippen LogP contribution < -0.4 is 5.32 Å². The highest BCUT2D eigenvalue weighted by Gasteiger charge is 2.41. The SMILES string of the molecule is O=C(NCC1CCCO1)C1CC2CCCC(C1)C2=O. The smallest absolute Gasteiger partial charge is 0.223 e. The van der Waals surface area contributed by atoms with E-state index in [1.165, 1.54) is 0 Å². The van der Waals surface area contributed by atoms with E-state index >= 15 is 0 Å². The Balaban J connectivity index is 1.51. The van der Waals surface area contributed by atoms with E-state index in [1.54, 1.807) is 0 Å². The normalized spacial score (nSPS) is 38.2. The zero-order valence-corrected chi connectivity index (χ0v) is 11.4. The molecule has 1 aliphatic heterocycles. The summed E-state index contributed by atoms with van der Waals surface area (Å²) in [7, 11) is 0. The van der Waals surface area contributed by atoms with Gasteiger partial charge >= 0.3 is 0 Å². The largest absolute Gasteiger partial charge is 0.376 e.